The largest absolute Gasteiger partial charge is 0.481 e. The summed E-state index contributed by atoms with van der Waals surface area (Å²) in [6, 6.07) is 0. The topological polar surface area (TPSA) is 118 Å². The van der Waals surface area contributed by atoms with E-state index in [0.29, 0.717) is 51.4 Å². The van der Waals surface area contributed by atoms with Crippen LogP contribution in [0.2, 0.25) is 0 Å². The van der Waals surface area contributed by atoms with Crippen LogP contribution in [0.1, 0.15) is 32.6 Å². The van der Waals surface area contributed by atoms with Gasteiger partial charge in [0.15, 0.2) is 0 Å². The Morgan fingerprint density at radius 3 is 1.67 bits per heavy atom. The monoisotopic (exact) mass is 390 g/mol. The standard InChI is InChI=1S/C18H30O9/c1-15(2)18(22)27-14-12-25-10-8-23-7-9-24-11-13-26-17(21)6-4-3-5-16(19)20/h1,3-14H2,2H3,(H,19,20). The number of hydrogen-bond acceptors (Lipinski definition) is 8. The van der Waals surface area contributed by atoms with E-state index in [1.54, 1.807) is 6.92 Å². The van der Waals surface area contributed by atoms with Crippen LogP contribution in [0.3, 0.4) is 0 Å². The van der Waals surface area contributed by atoms with Gasteiger partial charge in [-0.2, -0.15) is 0 Å². The lowest BCUT2D eigenvalue weighted by Gasteiger charge is -2.08. The van der Waals surface area contributed by atoms with Crippen molar-refractivity contribution < 1.29 is 43.2 Å². The summed E-state index contributed by atoms with van der Waals surface area (Å²) in [5.74, 6) is -1.66. The third-order valence-electron chi connectivity index (χ3n) is 3.07. The number of carbonyl (C=O) groups excluding carboxylic acids is 2. The second-order valence-corrected chi connectivity index (χ2v) is 5.57. The normalized spacial score (nSPS) is 10.4. The summed E-state index contributed by atoms with van der Waals surface area (Å²) in [5, 5.41) is 8.47. The van der Waals surface area contributed by atoms with Crippen molar-refractivity contribution in [3.8, 4) is 0 Å². The van der Waals surface area contributed by atoms with Crippen molar-refractivity contribution in [2.75, 3.05) is 52.9 Å². The molecule has 1 N–H and O–H groups in total. The van der Waals surface area contributed by atoms with Gasteiger partial charge in [0.2, 0.25) is 0 Å². The van der Waals surface area contributed by atoms with E-state index < -0.39 is 11.9 Å². The minimum atomic E-state index is -0.866. The van der Waals surface area contributed by atoms with Gasteiger partial charge in [-0.1, -0.05) is 6.58 Å². The molecule has 0 aromatic carbocycles. The SMILES string of the molecule is C=C(C)C(=O)OCCOCCOCCOCCOC(=O)CCCCC(=O)O. The van der Waals surface area contributed by atoms with Crippen LogP contribution in [0.5, 0.6) is 0 Å². The van der Waals surface area contributed by atoms with Crippen LogP contribution in [0.4, 0.5) is 0 Å². The minimum Gasteiger partial charge on any atom is -0.481 e. The molecule has 0 aliphatic heterocycles. The van der Waals surface area contributed by atoms with Crippen molar-refractivity contribution in [1.82, 2.24) is 0 Å². The molecule has 0 saturated carbocycles. The Bertz CT molecular complexity index is 448. The van der Waals surface area contributed by atoms with Gasteiger partial charge in [0, 0.05) is 18.4 Å². The molecule has 0 bridgehead atoms. The average molecular weight is 390 g/mol. The Morgan fingerprint density at radius 2 is 1.19 bits per heavy atom. The second-order valence-electron chi connectivity index (χ2n) is 5.57. The predicted octanol–water partition coefficient (Wildman–Crippen LogP) is 1.34. The summed E-state index contributed by atoms with van der Waals surface area (Å²) in [6.07, 6.45) is 1.23. The molecular weight excluding hydrogens is 360 g/mol. The molecule has 0 unspecified atom stereocenters. The first-order valence-corrected chi connectivity index (χ1v) is 8.86. The predicted molar refractivity (Wildman–Crippen MR) is 95.3 cm³/mol. The molecule has 0 aliphatic rings. The molecule has 9 nitrogen and oxygen atoms in total. The minimum absolute atomic E-state index is 0.0594. The van der Waals surface area contributed by atoms with Crippen molar-refractivity contribution in [3.05, 3.63) is 12.2 Å². The molecule has 0 fully saturated rings. The average Bonchev–Trinajstić information content (AvgIpc) is 2.62. The summed E-state index contributed by atoms with van der Waals surface area (Å²) < 4.78 is 25.6. The first kappa shape index (κ1) is 25.0. The van der Waals surface area contributed by atoms with Crippen LogP contribution in [0, 0.1) is 0 Å². The lowest BCUT2D eigenvalue weighted by atomic mass is 10.2. The maximum absolute atomic E-state index is 11.3. The Kier molecular flexibility index (Phi) is 16.2. The van der Waals surface area contributed by atoms with E-state index in [4.69, 9.17) is 28.8 Å². The van der Waals surface area contributed by atoms with E-state index in [9.17, 15) is 14.4 Å². The van der Waals surface area contributed by atoms with Gasteiger partial charge >= 0.3 is 17.9 Å². The molecule has 0 amide bonds. The van der Waals surface area contributed by atoms with Gasteiger partial charge in [-0.05, 0) is 19.8 Å². The molecule has 9 heteroatoms. The summed E-state index contributed by atoms with van der Waals surface area (Å²) in [5.41, 5.74) is 0.351. The zero-order valence-corrected chi connectivity index (χ0v) is 15.9. The van der Waals surface area contributed by atoms with Gasteiger partial charge in [-0.15, -0.1) is 0 Å². The van der Waals surface area contributed by atoms with Crippen LogP contribution in [0.25, 0.3) is 0 Å². The number of hydrogen-bond donors (Lipinski definition) is 1. The summed E-state index contributed by atoms with van der Waals surface area (Å²) in [6.45, 7) is 7.47. The van der Waals surface area contributed by atoms with Crippen molar-refractivity contribution in [2.24, 2.45) is 0 Å². The van der Waals surface area contributed by atoms with Gasteiger partial charge in [0.25, 0.3) is 0 Å². The van der Waals surface area contributed by atoms with Crippen molar-refractivity contribution in [3.63, 3.8) is 0 Å². The van der Waals surface area contributed by atoms with E-state index in [2.05, 4.69) is 6.58 Å². The number of ether oxygens (including phenoxy) is 5. The number of carboxylic acids is 1. The van der Waals surface area contributed by atoms with Crippen molar-refractivity contribution in [2.45, 2.75) is 32.6 Å². The van der Waals surface area contributed by atoms with Gasteiger partial charge in [0.1, 0.15) is 13.2 Å². The highest BCUT2D eigenvalue weighted by atomic mass is 16.6. The molecule has 0 saturated heterocycles. The highest BCUT2D eigenvalue weighted by Crippen LogP contribution is 2.01. The molecule has 0 radical (unpaired) electrons. The van der Waals surface area contributed by atoms with Crippen LogP contribution < -0.4 is 0 Å². The Balaban J connectivity index is 3.22. The Hall–Kier alpha value is -1.97. The third-order valence-corrected chi connectivity index (χ3v) is 3.07. The molecule has 0 heterocycles. The van der Waals surface area contributed by atoms with Crippen molar-refractivity contribution in [1.29, 1.82) is 0 Å². The number of carbonyl (C=O) groups is 3. The highest BCUT2D eigenvalue weighted by molar-refractivity contribution is 5.86. The fourth-order valence-electron chi connectivity index (χ4n) is 1.69. The Morgan fingerprint density at radius 1 is 0.741 bits per heavy atom. The van der Waals surface area contributed by atoms with Gasteiger partial charge in [0.05, 0.1) is 39.6 Å². The maximum Gasteiger partial charge on any atom is 0.333 e. The molecule has 0 atom stereocenters. The van der Waals surface area contributed by atoms with E-state index in [1.807, 2.05) is 0 Å². The van der Waals surface area contributed by atoms with Crippen LogP contribution in [-0.2, 0) is 38.1 Å². The molecular formula is C18H30O9. The lowest BCUT2D eigenvalue weighted by Crippen LogP contribution is -2.15. The lowest BCUT2D eigenvalue weighted by molar-refractivity contribution is -0.146. The smallest absolute Gasteiger partial charge is 0.333 e. The number of esters is 2. The van der Waals surface area contributed by atoms with E-state index in [-0.39, 0.29) is 38.6 Å². The number of carboxylic acid groups (broad SMARTS) is 1. The van der Waals surface area contributed by atoms with Gasteiger partial charge in [-0.25, -0.2) is 4.79 Å². The molecule has 0 rings (SSSR count). The van der Waals surface area contributed by atoms with Crippen LogP contribution in [0.15, 0.2) is 12.2 Å². The zero-order valence-electron chi connectivity index (χ0n) is 15.9. The van der Waals surface area contributed by atoms with E-state index in [1.165, 1.54) is 0 Å². The number of rotatable bonds is 18. The molecule has 156 valence electrons. The molecule has 27 heavy (non-hydrogen) atoms. The fraction of sp³-hybridized carbons (Fsp3) is 0.722. The fourth-order valence-corrected chi connectivity index (χ4v) is 1.69. The van der Waals surface area contributed by atoms with E-state index in [0.717, 1.165) is 0 Å². The summed E-state index contributed by atoms with van der Waals surface area (Å²) in [4.78, 5) is 32.7. The second kappa shape index (κ2) is 17.4. The molecule has 0 aromatic rings. The number of unbranched alkanes of at least 4 members (excludes halogenated alkanes) is 1. The van der Waals surface area contributed by atoms with Gasteiger partial charge in [-0.3, -0.25) is 9.59 Å². The summed E-state index contributed by atoms with van der Waals surface area (Å²) in [7, 11) is 0. The molecule has 0 spiro atoms. The first-order chi connectivity index (χ1) is 12.9. The molecule has 0 aromatic heterocycles. The zero-order chi connectivity index (χ0) is 20.3. The van der Waals surface area contributed by atoms with Gasteiger partial charge < -0.3 is 28.8 Å². The first-order valence-electron chi connectivity index (χ1n) is 8.86. The third kappa shape index (κ3) is 18.6. The number of aliphatic carboxylic acids is 1. The Labute approximate surface area is 159 Å². The van der Waals surface area contributed by atoms with Crippen molar-refractivity contribution >= 4 is 17.9 Å². The van der Waals surface area contributed by atoms with Crippen LogP contribution >= 0.6 is 0 Å². The molecule has 0 aliphatic carbocycles. The van der Waals surface area contributed by atoms with Crippen LogP contribution in [-0.4, -0.2) is 75.9 Å². The quantitative estimate of drug-likeness (QED) is 0.210. The summed E-state index contributed by atoms with van der Waals surface area (Å²) >= 11 is 0. The maximum atomic E-state index is 11.3. The highest BCUT2D eigenvalue weighted by Gasteiger charge is 2.04. The van der Waals surface area contributed by atoms with E-state index >= 15 is 0 Å².